The van der Waals surface area contributed by atoms with E-state index in [9.17, 15) is 4.79 Å². The average molecular weight is 246 g/mol. The topological polar surface area (TPSA) is 79.5 Å². The van der Waals surface area contributed by atoms with Gasteiger partial charge >= 0.3 is 5.97 Å². The van der Waals surface area contributed by atoms with Crippen molar-refractivity contribution in [1.29, 1.82) is 0 Å². The van der Waals surface area contributed by atoms with Crippen LogP contribution < -0.4 is 5.32 Å². The first-order chi connectivity index (χ1) is 8.74. The first-order valence-electron chi connectivity index (χ1n) is 6.00. The van der Waals surface area contributed by atoms with Crippen molar-refractivity contribution in [2.75, 3.05) is 6.54 Å². The van der Waals surface area contributed by atoms with Gasteiger partial charge in [-0.05, 0) is 31.5 Å². The molecule has 0 aliphatic carbocycles. The highest BCUT2D eigenvalue weighted by atomic mass is 16.4. The van der Waals surface area contributed by atoms with Crippen LogP contribution in [0.4, 0.5) is 0 Å². The second-order valence-corrected chi connectivity index (χ2v) is 4.56. The van der Waals surface area contributed by atoms with Crippen LogP contribution in [0, 0.1) is 0 Å². The van der Waals surface area contributed by atoms with Crippen molar-refractivity contribution in [3.8, 4) is 0 Å². The molecule has 2 aromatic rings. The predicted octanol–water partition coefficient (Wildman–Crippen LogP) is 0.649. The minimum atomic E-state index is -0.790. The number of carboxylic acids is 1. The summed E-state index contributed by atoms with van der Waals surface area (Å²) in [5, 5.41) is 16.2. The summed E-state index contributed by atoms with van der Waals surface area (Å²) in [5.74, 6) is -0.601. The smallest absolute Gasteiger partial charge is 0.320 e. The van der Waals surface area contributed by atoms with Crippen molar-refractivity contribution in [2.24, 2.45) is 0 Å². The van der Waals surface area contributed by atoms with Crippen molar-refractivity contribution in [2.45, 2.75) is 24.8 Å². The van der Waals surface area contributed by atoms with Gasteiger partial charge in [0, 0.05) is 12.1 Å². The molecule has 2 unspecified atom stereocenters. The average Bonchev–Trinajstić information content (AvgIpc) is 2.82. The van der Waals surface area contributed by atoms with E-state index >= 15 is 0 Å². The number of imidazole rings is 1. The van der Waals surface area contributed by atoms with E-state index in [0.717, 1.165) is 17.8 Å². The fourth-order valence-corrected chi connectivity index (χ4v) is 2.42. The highest BCUT2D eigenvalue weighted by molar-refractivity contribution is 5.73. The number of fused-ring (bicyclic) bond motifs is 1. The molecule has 18 heavy (non-hydrogen) atoms. The van der Waals surface area contributed by atoms with Gasteiger partial charge in [0.2, 0.25) is 0 Å². The van der Waals surface area contributed by atoms with Crippen LogP contribution in [0.3, 0.4) is 0 Å². The third-order valence-electron chi connectivity index (χ3n) is 3.38. The monoisotopic (exact) mass is 246 g/mol. The summed E-state index contributed by atoms with van der Waals surface area (Å²) >= 11 is 0. The van der Waals surface area contributed by atoms with Gasteiger partial charge in [-0.25, -0.2) is 9.50 Å². The van der Waals surface area contributed by atoms with Crippen LogP contribution in [0.5, 0.6) is 0 Å². The van der Waals surface area contributed by atoms with Crippen LogP contribution in [-0.4, -0.2) is 38.3 Å². The number of rotatable bonds is 2. The standard InChI is InChI=1S/C12H14N4O2/c17-12(18)9-6-8(3-5-13-9)10-7-16-11(15-10)2-1-4-14-16/h1-2,4,7-9,13H,3,5-6H2,(H,17,18). The van der Waals surface area contributed by atoms with Crippen LogP contribution in [0.2, 0.25) is 0 Å². The van der Waals surface area contributed by atoms with Crippen LogP contribution in [0.15, 0.2) is 24.5 Å². The first kappa shape index (κ1) is 11.2. The quantitative estimate of drug-likeness (QED) is 0.813. The van der Waals surface area contributed by atoms with E-state index in [2.05, 4.69) is 15.4 Å². The minimum absolute atomic E-state index is 0.189. The zero-order valence-electron chi connectivity index (χ0n) is 9.78. The summed E-state index contributed by atoms with van der Waals surface area (Å²) in [6, 6.07) is 3.27. The Hall–Kier alpha value is -1.95. The lowest BCUT2D eigenvalue weighted by molar-refractivity contribution is -0.140. The molecule has 0 spiro atoms. The zero-order valence-corrected chi connectivity index (χ0v) is 9.78. The second kappa shape index (κ2) is 4.38. The van der Waals surface area contributed by atoms with Gasteiger partial charge in [-0.15, -0.1) is 0 Å². The molecule has 0 saturated carbocycles. The molecule has 0 radical (unpaired) electrons. The highest BCUT2D eigenvalue weighted by Gasteiger charge is 2.28. The molecule has 1 saturated heterocycles. The summed E-state index contributed by atoms with van der Waals surface area (Å²) in [5.41, 5.74) is 1.74. The minimum Gasteiger partial charge on any atom is -0.480 e. The summed E-state index contributed by atoms with van der Waals surface area (Å²) in [4.78, 5) is 15.5. The molecular formula is C12H14N4O2. The molecule has 3 rings (SSSR count). The normalized spacial score (nSPS) is 24.2. The third-order valence-corrected chi connectivity index (χ3v) is 3.38. The summed E-state index contributed by atoms with van der Waals surface area (Å²) < 4.78 is 1.73. The molecule has 94 valence electrons. The lowest BCUT2D eigenvalue weighted by Gasteiger charge is -2.26. The van der Waals surface area contributed by atoms with Crippen molar-refractivity contribution in [1.82, 2.24) is 19.9 Å². The number of aliphatic carboxylic acids is 1. The van der Waals surface area contributed by atoms with Gasteiger partial charge < -0.3 is 10.4 Å². The lowest BCUT2D eigenvalue weighted by Crippen LogP contribution is -2.42. The molecule has 0 amide bonds. The molecule has 0 bridgehead atoms. The molecule has 1 aliphatic heterocycles. The van der Waals surface area contributed by atoms with Gasteiger partial charge in [0.15, 0.2) is 5.65 Å². The van der Waals surface area contributed by atoms with Gasteiger partial charge in [-0.2, -0.15) is 5.10 Å². The number of carboxylic acid groups (broad SMARTS) is 1. The van der Waals surface area contributed by atoms with Crippen molar-refractivity contribution >= 4 is 11.6 Å². The molecule has 6 nitrogen and oxygen atoms in total. The molecule has 2 aromatic heterocycles. The number of hydrogen-bond donors (Lipinski definition) is 2. The van der Waals surface area contributed by atoms with Crippen LogP contribution in [0.1, 0.15) is 24.5 Å². The number of nitrogens with zero attached hydrogens (tertiary/aromatic N) is 3. The van der Waals surface area contributed by atoms with Gasteiger partial charge in [-0.3, -0.25) is 4.79 Å². The Morgan fingerprint density at radius 3 is 3.22 bits per heavy atom. The van der Waals surface area contributed by atoms with Crippen molar-refractivity contribution in [3.05, 3.63) is 30.2 Å². The Bertz CT molecular complexity index is 547. The molecule has 2 atom stereocenters. The fourth-order valence-electron chi connectivity index (χ4n) is 2.42. The highest BCUT2D eigenvalue weighted by Crippen LogP contribution is 2.27. The van der Waals surface area contributed by atoms with Gasteiger partial charge in [0.05, 0.1) is 11.9 Å². The number of piperidine rings is 1. The summed E-state index contributed by atoms with van der Waals surface area (Å²) in [6.07, 6.45) is 5.10. The number of nitrogens with one attached hydrogen (secondary N) is 1. The fraction of sp³-hybridized carbons (Fsp3) is 0.417. The van der Waals surface area contributed by atoms with E-state index < -0.39 is 12.0 Å². The Morgan fingerprint density at radius 1 is 1.56 bits per heavy atom. The first-order valence-corrected chi connectivity index (χ1v) is 6.00. The van der Waals surface area contributed by atoms with E-state index in [1.165, 1.54) is 0 Å². The van der Waals surface area contributed by atoms with Crippen LogP contribution in [0.25, 0.3) is 5.65 Å². The Labute approximate surface area is 104 Å². The Balaban J connectivity index is 1.87. The van der Waals surface area contributed by atoms with Gasteiger partial charge in [0.25, 0.3) is 0 Å². The molecule has 6 heteroatoms. The van der Waals surface area contributed by atoms with Crippen molar-refractivity contribution in [3.63, 3.8) is 0 Å². The zero-order chi connectivity index (χ0) is 12.5. The molecule has 2 N–H and O–H groups in total. The predicted molar refractivity (Wildman–Crippen MR) is 64.4 cm³/mol. The molecular weight excluding hydrogens is 232 g/mol. The maximum absolute atomic E-state index is 11.0. The maximum atomic E-state index is 11.0. The van der Waals surface area contributed by atoms with E-state index in [4.69, 9.17) is 5.11 Å². The van der Waals surface area contributed by atoms with Gasteiger partial charge in [-0.1, -0.05) is 0 Å². The van der Waals surface area contributed by atoms with E-state index in [0.29, 0.717) is 13.0 Å². The SMILES string of the molecule is O=C(O)C1CC(c2cn3ncccc3n2)CCN1. The van der Waals surface area contributed by atoms with E-state index in [1.54, 1.807) is 10.7 Å². The number of hydrogen-bond acceptors (Lipinski definition) is 4. The number of aromatic nitrogens is 3. The van der Waals surface area contributed by atoms with Crippen LogP contribution >= 0.6 is 0 Å². The maximum Gasteiger partial charge on any atom is 0.320 e. The molecule has 3 heterocycles. The van der Waals surface area contributed by atoms with E-state index in [1.807, 2.05) is 18.3 Å². The lowest BCUT2D eigenvalue weighted by atomic mass is 9.90. The van der Waals surface area contributed by atoms with Gasteiger partial charge in [0.1, 0.15) is 6.04 Å². The molecule has 0 aromatic carbocycles. The van der Waals surface area contributed by atoms with E-state index in [-0.39, 0.29) is 5.92 Å². The van der Waals surface area contributed by atoms with Crippen LogP contribution in [-0.2, 0) is 4.79 Å². The van der Waals surface area contributed by atoms with Crippen molar-refractivity contribution < 1.29 is 9.90 Å². The molecule has 1 fully saturated rings. The Morgan fingerprint density at radius 2 is 2.44 bits per heavy atom. The Kier molecular flexibility index (Phi) is 2.71. The molecule has 1 aliphatic rings. The largest absolute Gasteiger partial charge is 0.480 e. The summed E-state index contributed by atoms with van der Waals surface area (Å²) in [7, 11) is 0. The summed E-state index contributed by atoms with van der Waals surface area (Å²) in [6.45, 7) is 0.711. The second-order valence-electron chi connectivity index (χ2n) is 4.56. The third kappa shape index (κ3) is 1.95. The number of carbonyl (C=O) groups is 1.